The summed E-state index contributed by atoms with van der Waals surface area (Å²) in [5, 5.41) is 0. The number of fused-ring (bicyclic) bond motifs is 1. The SMILES string of the molecule is CN1CCn2c(CCc3ccccc3)nc(C=O)c2C1. The zero-order chi connectivity index (χ0) is 13.9. The quantitative estimate of drug-likeness (QED) is 0.796. The molecule has 0 aliphatic carbocycles. The Balaban J connectivity index is 1.82. The molecule has 0 atom stereocenters. The number of carbonyl (C=O) groups is 1. The second-order valence-corrected chi connectivity index (χ2v) is 5.35. The lowest BCUT2D eigenvalue weighted by Gasteiger charge is -2.25. The Morgan fingerprint density at radius 3 is 2.75 bits per heavy atom. The molecule has 0 fully saturated rings. The molecule has 0 unspecified atom stereocenters. The molecule has 4 heteroatoms. The van der Waals surface area contributed by atoms with Crippen molar-refractivity contribution >= 4 is 6.29 Å². The first-order valence-corrected chi connectivity index (χ1v) is 7.04. The molecule has 0 bridgehead atoms. The van der Waals surface area contributed by atoms with Crippen LogP contribution in [0.4, 0.5) is 0 Å². The van der Waals surface area contributed by atoms with Gasteiger partial charge in [0.25, 0.3) is 0 Å². The molecule has 3 rings (SSSR count). The minimum Gasteiger partial charge on any atom is -0.329 e. The topological polar surface area (TPSA) is 38.1 Å². The minimum atomic E-state index is 0.611. The number of carbonyl (C=O) groups excluding carboxylic acids is 1. The van der Waals surface area contributed by atoms with Crippen LogP contribution in [0.25, 0.3) is 0 Å². The molecule has 1 aromatic heterocycles. The Labute approximate surface area is 119 Å². The molecule has 1 aliphatic heterocycles. The van der Waals surface area contributed by atoms with Crippen LogP contribution < -0.4 is 0 Å². The van der Waals surface area contributed by atoms with Crippen molar-refractivity contribution < 1.29 is 4.79 Å². The number of imidazole rings is 1. The summed E-state index contributed by atoms with van der Waals surface area (Å²) in [6.07, 6.45) is 2.73. The number of likely N-dealkylation sites (N-methyl/N-ethyl adjacent to an activating group) is 1. The van der Waals surface area contributed by atoms with E-state index in [2.05, 4.69) is 45.8 Å². The van der Waals surface area contributed by atoms with Gasteiger partial charge in [-0.2, -0.15) is 0 Å². The maximum absolute atomic E-state index is 11.2. The van der Waals surface area contributed by atoms with Crippen LogP contribution >= 0.6 is 0 Å². The monoisotopic (exact) mass is 269 g/mol. The Bertz CT molecular complexity index is 604. The van der Waals surface area contributed by atoms with Crippen LogP contribution in [0.2, 0.25) is 0 Å². The number of hydrogen-bond donors (Lipinski definition) is 0. The lowest BCUT2D eigenvalue weighted by atomic mass is 10.1. The molecule has 0 saturated carbocycles. The number of aldehydes is 1. The van der Waals surface area contributed by atoms with Crippen LogP contribution in [-0.2, 0) is 25.9 Å². The van der Waals surface area contributed by atoms with Gasteiger partial charge >= 0.3 is 0 Å². The van der Waals surface area contributed by atoms with Crippen molar-refractivity contribution in [1.29, 1.82) is 0 Å². The lowest BCUT2D eigenvalue weighted by Crippen LogP contribution is -2.31. The first kappa shape index (κ1) is 13.1. The highest BCUT2D eigenvalue weighted by atomic mass is 16.1. The number of aryl methyl sites for hydroxylation is 2. The second-order valence-electron chi connectivity index (χ2n) is 5.35. The van der Waals surface area contributed by atoms with E-state index in [1.54, 1.807) is 0 Å². The molecule has 2 heterocycles. The van der Waals surface area contributed by atoms with Gasteiger partial charge in [-0.3, -0.25) is 9.69 Å². The zero-order valence-electron chi connectivity index (χ0n) is 11.7. The third-order valence-corrected chi connectivity index (χ3v) is 3.90. The number of aromatic nitrogens is 2. The first-order valence-electron chi connectivity index (χ1n) is 7.04. The standard InChI is InChI=1S/C16H19N3O/c1-18-9-10-19-15(11-18)14(12-20)17-16(19)8-7-13-5-3-2-4-6-13/h2-6,12H,7-11H2,1H3. The first-order chi connectivity index (χ1) is 9.78. The van der Waals surface area contributed by atoms with Crippen molar-refractivity contribution in [3.05, 3.63) is 53.1 Å². The van der Waals surface area contributed by atoms with Gasteiger partial charge in [0.05, 0.1) is 5.69 Å². The van der Waals surface area contributed by atoms with E-state index in [9.17, 15) is 4.79 Å². The van der Waals surface area contributed by atoms with Gasteiger partial charge in [0.2, 0.25) is 0 Å². The van der Waals surface area contributed by atoms with E-state index in [1.165, 1.54) is 5.56 Å². The average Bonchev–Trinajstić information content (AvgIpc) is 2.83. The number of benzene rings is 1. The summed E-state index contributed by atoms with van der Waals surface area (Å²) in [7, 11) is 2.08. The normalized spacial score (nSPS) is 15.1. The highest BCUT2D eigenvalue weighted by Crippen LogP contribution is 2.18. The number of nitrogens with zero attached hydrogens (tertiary/aromatic N) is 3. The maximum Gasteiger partial charge on any atom is 0.170 e. The zero-order valence-corrected chi connectivity index (χ0v) is 11.7. The minimum absolute atomic E-state index is 0.611. The molecule has 4 nitrogen and oxygen atoms in total. The highest BCUT2D eigenvalue weighted by molar-refractivity contribution is 5.74. The second kappa shape index (κ2) is 5.59. The fourth-order valence-corrected chi connectivity index (χ4v) is 2.78. The van der Waals surface area contributed by atoms with E-state index in [4.69, 9.17) is 0 Å². The summed E-state index contributed by atoms with van der Waals surface area (Å²) in [4.78, 5) is 17.9. The molecule has 1 aliphatic rings. The molecule has 0 radical (unpaired) electrons. The Morgan fingerprint density at radius 1 is 1.20 bits per heavy atom. The molecular formula is C16H19N3O. The highest BCUT2D eigenvalue weighted by Gasteiger charge is 2.21. The van der Waals surface area contributed by atoms with Crippen molar-refractivity contribution in [1.82, 2.24) is 14.5 Å². The largest absolute Gasteiger partial charge is 0.329 e. The van der Waals surface area contributed by atoms with Gasteiger partial charge in [-0.1, -0.05) is 30.3 Å². The summed E-state index contributed by atoms with van der Waals surface area (Å²) in [5.74, 6) is 1.04. The van der Waals surface area contributed by atoms with Crippen molar-refractivity contribution in [2.24, 2.45) is 0 Å². The number of rotatable bonds is 4. The fraction of sp³-hybridized carbons (Fsp3) is 0.375. The molecule has 0 amide bonds. The van der Waals surface area contributed by atoms with E-state index in [-0.39, 0.29) is 0 Å². The van der Waals surface area contributed by atoms with Crippen molar-refractivity contribution in [3.63, 3.8) is 0 Å². The summed E-state index contributed by atoms with van der Waals surface area (Å²) in [6.45, 7) is 2.75. The molecular weight excluding hydrogens is 250 g/mol. The molecule has 104 valence electrons. The molecule has 0 spiro atoms. The van der Waals surface area contributed by atoms with Crippen LogP contribution in [0.15, 0.2) is 30.3 Å². The fourth-order valence-electron chi connectivity index (χ4n) is 2.78. The number of hydrogen-bond acceptors (Lipinski definition) is 3. The lowest BCUT2D eigenvalue weighted by molar-refractivity contribution is 0.111. The van der Waals surface area contributed by atoms with Crippen molar-refractivity contribution in [3.8, 4) is 0 Å². The van der Waals surface area contributed by atoms with Gasteiger partial charge in [0.1, 0.15) is 11.5 Å². The van der Waals surface area contributed by atoms with Gasteiger partial charge in [0, 0.05) is 26.1 Å². The van der Waals surface area contributed by atoms with Gasteiger partial charge < -0.3 is 4.57 Å². The van der Waals surface area contributed by atoms with E-state index in [0.29, 0.717) is 5.69 Å². The Morgan fingerprint density at radius 2 is 2.00 bits per heavy atom. The molecule has 0 saturated heterocycles. The van der Waals surface area contributed by atoms with E-state index >= 15 is 0 Å². The van der Waals surface area contributed by atoms with Gasteiger partial charge in [-0.15, -0.1) is 0 Å². The average molecular weight is 269 g/mol. The smallest absolute Gasteiger partial charge is 0.170 e. The van der Waals surface area contributed by atoms with Crippen molar-refractivity contribution in [2.75, 3.05) is 13.6 Å². The van der Waals surface area contributed by atoms with Gasteiger partial charge in [-0.05, 0) is 19.0 Å². The van der Waals surface area contributed by atoms with E-state index in [0.717, 1.165) is 50.3 Å². The molecule has 20 heavy (non-hydrogen) atoms. The summed E-state index contributed by atoms with van der Waals surface area (Å²) in [6, 6.07) is 10.4. The Hall–Kier alpha value is -1.94. The molecule has 0 N–H and O–H groups in total. The van der Waals surface area contributed by atoms with Gasteiger partial charge in [-0.25, -0.2) is 4.98 Å². The van der Waals surface area contributed by atoms with Crippen LogP contribution in [-0.4, -0.2) is 34.3 Å². The van der Waals surface area contributed by atoms with Crippen LogP contribution in [0.5, 0.6) is 0 Å². The predicted molar refractivity (Wildman–Crippen MR) is 77.8 cm³/mol. The van der Waals surface area contributed by atoms with Crippen LogP contribution in [0, 0.1) is 0 Å². The molecule has 1 aromatic carbocycles. The predicted octanol–water partition coefficient (Wildman–Crippen LogP) is 1.93. The summed E-state index contributed by atoms with van der Waals surface area (Å²) < 4.78 is 2.23. The van der Waals surface area contributed by atoms with Crippen LogP contribution in [0.3, 0.4) is 0 Å². The van der Waals surface area contributed by atoms with Crippen molar-refractivity contribution in [2.45, 2.75) is 25.9 Å². The third kappa shape index (κ3) is 2.51. The van der Waals surface area contributed by atoms with Gasteiger partial charge in [0.15, 0.2) is 6.29 Å². The van der Waals surface area contributed by atoms with E-state index in [1.807, 2.05) is 6.07 Å². The summed E-state index contributed by atoms with van der Waals surface area (Å²) >= 11 is 0. The van der Waals surface area contributed by atoms with Crippen LogP contribution in [0.1, 0.15) is 27.6 Å². The maximum atomic E-state index is 11.2. The molecule has 2 aromatic rings. The van der Waals surface area contributed by atoms with E-state index < -0.39 is 0 Å². The third-order valence-electron chi connectivity index (χ3n) is 3.90. The summed E-state index contributed by atoms with van der Waals surface area (Å²) in [5.41, 5.74) is 2.99. The Kier molecular flexibility index (Phi) is 3.65.